The van der Waals surface area contributed by atoms with Gasteiger partial charge in [-0.25, -0.2) is 0 Å². The molecule has 0 saturated carbocycles. The van der Waals surface area contributed by atoms with Crippen LogP contribution < -0.4 is 10.00 Å². The smallest absolute Gasteiger partial charge is 0.320 e. The summed E-state index contributed by atoms with van der Waals surface area (Å²) >= 11 is 0. The summed E-state index contributed by atoms with van der Waals surface area (Å²) in [5, 5.41) is 16.5. The molecule has 0 aliphatic carbocycles. The van der Waals surface area contributed by atoms with Crippen molar-refractivity contribution in [2.24, 2.45) is 7.05 Å². The maximum absolute atomic E-state index is 11.0. The minimum atomic E-state index is -0.806. The van der Waals surface area contributed by atoms with Gasteiger partial charge in [0, 0.05) is 13.0 Å². The lowest BCUT2D eigenvalue weighted by Gasteiger charge is -2.08. The molecule has 0 unspecified atom stereocenters. The van der Waals surface area contributed by atoms with Crippen LogP contribution in [0.25, 0.3) is 0 Å². The molecular formula is C19H35N4O3+. The van der Waals surface area contributed by atoms with Crippen LogP contribution in [0.1, 0.15) is 70.4 Å². The molecule has 0 radical (unpaired) electrons. The first-order valence-electron chi connectivity index (χ1n) is 10.1. The van der Waals surface area contributed by atoms with Gasteiger partial charge in [0.2, 0.25) is 0 Å². The molecule has 0 amide bonds. The minimum Gasteiger partial charge on any atom is -0.480 e. The lowest BCUT2D eigenvalue weighted by atomic mass is 10.1. The third-order valence-corrected chi connectivity index (χ3v) is 5.06. The summed E-state index contributed by atoms with van der Waals surface area (Å²) in [5.74, 6) is -0.806. The molecule has 0 spiro atoms. The maximum atomic E-state index is 11.0. The number of hydrogen-bond acceptors (Lipinski definition) is 4. The van der Waals surface area contributed by atoms with Gasteiger partial charge in [0.1, 0.15) is 26.2 Å². The van der Waals surface area contributed by atoms with Gasteiger partial charge in [0.15, 0.2) is 11.9 Å². The number of rotatable bonds is 13. The highest BCUT2D eigenvalue weighted by atomic mass is 16.5. The Bertz CT molecular complexity index is 547. The molecule has 1 aromatic rings. The Labute approximate surface area is 156 Å². The first kappa shape index (κ1) is 20.8. The Hall–Kier alpha value is -1.47. The van der Waals surface area contributed by atoms with E-state index in [-0.39, 0.29) is 6.10 Å². The van der Waals surface area contributed by atoms with E-state index in [4.69, 9.17) is 9.84 Å². The van der Waals surface area contributed by atoms with Gasteiger partial charge in [0.05, 0.1) is 11.3 Å². The van der Waals surface area contributed by atoms with E-state index in [9.17, 15) is 4.79 Å². The number of ether oxygens (including phenoxy) is 1. The van der Waals surface area contributed by atoms with E-state index in [1.54, 1.807) is 0 Å². The van der Waals surface area contributed by atoms with Crippen molar-refractivity contribution in [3.05, 3.63) is 11.9 Å². The zero-order valence-corrected chi connectivity index (χ0v) is 16.3. The van der Waals surface area contributed by atoms with E-state index < -0.39 is 12.0 Å². The zero-order valence-electron chi connectivity index (χ0n) is 16.3. The molecule has 7 nitrogen and oxygen atoms in total. The van der Waals surface area contributed by atoms with Crippen molar-refractivity contribution < 1.29 is 19.3 Å². The molecule has 0 aromatic carbocycles. The molecule has 1 fully saturated rings. The van der Waals surface area contributed by atoms with Gasteiger partial charge >= 0.3 is 5.97 Å². The molecule has 0 bridgehead atoms. The average Bonchev–Trinajstić information content (AvgIpc) is 3.22. The second kappa shape index (κ2) is 11.3. The van der Waals surface area contributed by atoms with Gasteiger partial charge < -0.3 is 15.2 Å². The van der Waals surface area contributed by atoms with Crippen molar-refractivity contribution in [2.75, 3.05) is 6.54 Å². The summed E-state index contributed by atoms with van der Waals surface area (Å²) in [6.45, 7) is 4.25. The first-order chi connectivity index (χ1) is 12.6. The number of aromatic nitrogens is 3. The van der Waals surface area contributed by atoms with Crippen LogP contribution in [0.4, 0.5) is 0 Å². The Morgan fingerprint density at radius 2 is 2.00 bits per heavy atom. The fraction of sp³-hybridized carbons (Fsp3) is 0.842. The molecule has 1 aromatic heterocycles. The second-order valence-corrected chi connectivity index (χ2v) is 7.34. The lowest BCUT2D eigenvalue weighted by molar-refractivity contribution is -0.755. The quantitative estimate of drug-likeness (QED) is 0.413. The van der Waals surface area contributed by atoms with E-state index in [0.717, 1.165) is 18.7 Å². The van der Waals surface area contributed by atoms with Gasteiger partial charge in [-0.3, -0.25) is 4.79 Å². The fourth-order valence-corrected chi connectivity index (χ4v) is 3.38. The highest BCUT2D eigenvalue weighted by Gasteiger charge is 2.30. The summed E-state index contributed by atoms with van der Waals surface area (Å²) < 4.78 is 9.69. The van der Waals surface area contributed by atoms with Gasteiger partial charge in [-0.1, -0.05) is 45.4 Å². The molecule has 148 valence electrons. The normalized spacial score (nSPS) is 19.9. The summed E-state index contributed by atoms with van der Waals surface area (Å²) in [4.78, 5) is 11.0. The van der Waals surface area contributed by atoms with Crippen LogP contribution in [0.15, 0.2) is 6.20 Å². The Morgan fingerprint density at radius 3 is 2.65 bits per heavy atom. The summed E-state index contributed by atoms with van der Waals surface area (Å²) in [5.41, 5.74) is 1.02. The van der Waals surface area contributed by atoms with Crippen molar-refractivity contribution >= 4 is 5.97 Å². The molecule has 1 aliphatic heterocycles. The monoisotopic (exact) mass is 367 g/mol. The lowest BCUT2D eigenvalue weighted by Crippen LogP contribution is -2.35. The molecule has 1 saturated heterocycles. The molecule has 7 heteroatoms. The standard InChI is InChI=1S/C19H34N4O3/c1-3-4-5-6-7-8-9-10-11-23-14-16(22(2)21-23)15-26-17-12-18(19(24)25)20-13-17/h14,17-18,20H,3-13,15H2,1-2H3/p+1/t17-,18+/m1/s1. The number of aliphatic carboxylic acids is 1. The molecule has 1 aliphatic rings. The van der Waals surface area contributed by atoms with Crippen molar-refractivity contribution in [1.29, 1.82) is 0 Å². The largest absolute Gasteiger partial charge is 0.480 e. The molecule has 2 heterocycles. The highest BCUT2D eigenvalue weighted by Crippen LogP contribution is 2.12. The number of unbranched alkanes of at least 4 members (excludes halogenated alkanes) is 7. The van der Waals surface area contributed by atoms with Gasteiger partial charge in [-0.15, -0.1) is 9.36 Å². The predicted molar refractivity (Wildman–Crippen MR) is 98.6 cm³/mol. The number of carboxylic acids is 1. The van der Waals surface area contributed by atoms with Gasteiger partial charge in [0.25, 0.3) is 0 Å². The summed E-state index contributed by atoms with van der Waals surface area (Å²) in [6.07, 6.45) is 13.0. The maximum Gasteiger partial charge on any atom is 0.320 e. The Kier molecular flexibility index (Phi) is 9.05. The number of carbonyl (C=O) groups is 1. The van der Waals surface area contributed by atoms with E-state index in [0.29, 0.717) is 19.6 Å². The van der Waals surface area contributed by atoms with Crippen LogP contribution in [-0.4, -0.2) is 39.7 Å². The van der Waals surface area contributed by atoms with Crippen LogP contribution in [-0.2, 0) is 29.7 Å². The number of carboxylic acid groups (broad SMARTS) is 1. The number of aryl methyl sites for hydroxylation is 2. The molecule has 2 N–H and O–H groups in total. The first-order valence-corrected chi connectivity index (χ1v) is 10.1. The van der Waals surface area contributed by atoms with Crippen molar-refractivity contribution in [3.63, 3.8) is 0 Å². The zero-order chi connectivity index (χ0) is 18.8. The predicted octanol–water partition coefficient (Wildman–Crippen LogP) is 2.18. The minimum absolute atomic E-state index is 0.0489. The number of nitrogens with one attached hydrogen (secondary N) is 1. The summed E-state index contributed by atoms with van der Waals surface area (Å²) in [7, 11) is 1.93. The molecule has 2 atom stereocenters. The number of nitrogens with zero attached hydrogens (tertiary/aromatic N) is 3. The SMILES string of the molecule is CCCCCCCCCC[n+]1cc(CO[C@H]2CN[C@H](C(=O)O)C2)n(C)n1. The van der Waals surface area contributed by atoms with E-state index in [2.05, 4.69) is 17.5 Å². The van der Waals surface area contributed by atoms with Crippen LogP contribution in [0.3, 0.4) is 0 Å². The van der Waals surface area contributed by atoms with Gasteiger partial charge in [-0.2, -0.15) is 0 Å². The van der Waals surface area contributed by atoms with Gasteiger partial charge in [-0.05, 0) is 12.8 Å². The van der Waals surface area contributed by atoms with E-state index in [1.807, 2.05) is 22.6 Å². The van der Waals surface area contributed by atoms with Crippen LogP contribution >= 0.6 is 0 Å². The van der Waals surface area contributed by atoms with E-state index in [1.165, 1.54) is 44.9 Å². The third kappa shape index (κ3) is 7.03. The molecular weight excluding hydrogens is 332 g/mol. The third-order valence-electron chi connectivity index (χ3n) is 5.06. The van der Waals surface area contributed by atoms with Crippen LogP contribution in [0.2, 0.25) is 0 Å². The van der Waals surface area contributed by atoms with Crippen LogP contribution in [0, 0.1) is 0 Å². The number of hydrogen-bond donors (Lipinski definition) is 2. The van der Waals surface area contributed by atoms with Crippen molar-refractivity contribution in [3.8, 4) is 0 Å². The summed E-state index contributed by atoms with van der Waals surface area (Å²) in [6, 6.07) is -0.488. The second-order valence-electron chi connectivity index (χ2n) is 7.34. The van der Waals surface area contributed by atoms with Crippen LogP contribution in [0.5, 0.6) is 0 Å². The highest BCUT2D eigenvalue weighted by molar-refractivity contribution is 5.73. The molecule has 2 rings (SSSR count). The Morgan fingerprint density at radius 1 is 1.31 bits per heavy atom. The molecule has 26 heavy (non-hydrogen) atoms. The Balaban J connectivity index is 1.61. The van der Waals surface area contributed by atoms with E-state index >= 15 is 0 Å². The topological polar surface area (TPSA) is 80.3 Å². The van der Waals surface area contributed by atoms with Crippen molar-refractivity contribution in [2.45, 2.75) is 90.0 Å². The average molecular weight is 368 g/mol. The fourth-order valence-electron chi connectivity index (χ4n) is 3.38. The van der Waals surface area contributed by atoms with Crippen molar-refractivity contribution in [1.82, 2.24) is 15.2 Å².